The maximum absolute atomic E-state index is 12.2. The van der Waals surface area contributed by atoms with Gasteiger partial charge in [-0.15, -0.1) is 11.3 Å². The Balaban J connectivity index is 1.45. The first-order valence-corrected chi connectivity index (χ1v) is 8.33. The van der Waals surface area contributed by atoms with E-state index in [0.717, 1.165) is 24.0 Å². The molecule has 0 N–H and O–H groups in total. The van der Waals surface area contributed by atoms with Crippen molar-refractivity contribution in [3.8, 4) is 11.5 Å². The normalized spacial score (nSPS) is 14.7. The third kappa shape index (κ3) is 3.92. The van der Waals surface area contributed by atoms with Crippen LogP contribution < -0.4 is 14.4 Å². The second-order valence-corrected chi connectivity index (χ2v) is 6.02. The number of piperazine rings is 1. The van der Waals surface area contributed by atoms with E-state index in [1.54, 1.807) is 36.8 Å². The van der Waals surface area contributed by atoms with Gasteiger partial charge >= 0.3 is 0 Å². The van der Waals surface area contributed by atoms with Crippen molar-refractivity contribution in [1.82, 2.24) is 9.88 Å². The lowest BCUT2D eigenvalue weighted by molar-refractivity contribution is -0.133. The van der Waals surface area contributed by atoms with Gasteiger partial charge in [-0.3, -0.25) is 4.79 Å². The summed E-state index contributed by atoms with van der Waals surface area (Å²) in [6, 6.07) is 7.22. The molecule has 2 aromatic rings. The molecule has 1 aliphatic rings. The Morgan fingerprint density at radius 2 is 1.87 bits per heavy atom. The standard InChI is InChI=1S/C16H19N3O3S/c1-21-13-2-4-14(5-3-13)22-12-15(20)18-7-9-19(10-8-18)16-17-6-11-23-16/h2-6,11H,7-10,12H2,1H3. The summed E-state index contributed by atoms with van der Waals surface area (Å²) in [5.41, 5.74) is 0. The van der Waals surface area contributed by atoms with Gasteiger partial charge in [0.25, 0.3) is 5.91 Å². The van der Waals surface area contributed by atoms with Crippen molar-refractivity contribution >= 4 is 22.4 Å². The van der Waals surface area contributed by atoms with Gasteiger partial charge in [0.2, 0.25) is 0 Å². The lowest BCUT2D eigenvalue weighted by atomic mass is 10.3. The van der Waals surface area contributed by atoms with Gasteiger partial charge in [0, 0.05) is 37.8 Å². The number of carbonyl (C=O) groups excluding carboxylic acids is 1. The number of benzene rings is 1. The minimum atomic E-state index is 0.0135. The van der Waals surface area contributed by atoms with Gasteiger partial charge in [-0.1, -0.05) is 0 Å². The molecule has 0 spiro atoms. The molecule has 1 aromatic heterocycles. The molecule has 23 heavy (non-hydrogen) atoms. The number of hydrogen-bond acceptors (Lipinski definition) is 6. The maximum Gasteiger partial charge on any atom is 0.260 e. The summed E-state index contributed by atoms with van der Waals surface area (Å²) in [4.78, 5) is 20.6. The first kappa shape index (κ1) is 15.6. The van der Waals surface area contributed by atoms with Gasteiger partial charge in [-0.2, -0.15) is 0 Å². The van der Waals surface area contributed by atoms with E-state index in [4.69, 9.17) is 9.47 Å². The Morgan fingerprint density at radius 3 is 2.48 bits per heavy atom. The number of hydrogen-bond donors (Lipinski definition) is 0. The second kappa shape index (κ2) is 7.32. The van der Waals surface area contributed by atoms with Crippen LogP contribution in [0.15, 0.2) is 35.8 Å². The van der Waals surface area contributed by atoms with Crippen LogP contribution in [0.4, 0.5) is 5.13 Å². The molecule has 1 aliphatic heterocycles. The van der Waals surface area contributed by atoms with Crippen molar-refractivity contribution < 1.29 is 14.3 Å². The summed E-state index contributed by atoms with van der Waals surface area (Å²) in [7, 11) is 1.62. The molecule has 1 amide bonds. The molecular formula is C16H19N3O3S. The predicted molar refractivity (Wildman–Crippen MR) is 89.4 cm³/mol. The highest BCUT2D eigenvalue weighted by atomic mass is 32.1. The highest BCUT2D eigenvalue weighted by molar-refractivity contribution is 7.13. The Hall–Kier alpha value is -2.28. The quantitative estimate of drug-likeness (QED) is 0.836. The Bertz CT molecular complexity index is 623. The number of carbonyl (C=O) groups is 1. The molecule has 7 heteroatoms. The van der Waals surface area contributed by atoms with Crippen molar-refractivity contribution in [3.05, 3.63) is 35.8 Å². The molecule has 2 heterocycles. The number of nitrogens with zero attached hydrogens (tertiary/aromatic N) is 3. The third-order valence-electron chi connectivity index (χ3n) is 3.74. The molecule has 0 aliphatic carbocycles. The van der Waals surface area contributed by atoms with Crippen molar-refractivity contribution in [2.24, 2.45) is 0 Å². The topological polar surface area (TPSA) is 54.9 Å². The van der Waals surface area contributed by atoms with E-state index < -0.39 is 0 Å². The molecule has 1 fully saturated rings. The van der Waals surface area contributed by atoms with Crippen LogP contribution in [0.2, 0.25) is 0 Å². The number of anilines is 1. The highest BCUT2D eigenvalue weighted by Gasteiger charge is 2.22. The van der Waals surface area contributed by atoms with Gasteiger partial charge < -0.3 is 19.3 Å². The van der Waals surface area contributed by atoms with Crippen LogP contribution in [0, 0.1) is 0 Å². The van der Waals surface area contributed by atoms with Gasteiger partial charge in [0.05, 0.1) is 7.11 Å². The van der Waals surface area contributed by atoms with Crippen LogP contribution in [-0.4, -0.2) is 55.7 Å². The summed E-state index contributed by atoms with van der Waals surface area (Å²) >= 11 is 1.63. The summed E-state index contributed by atoms with van der Waals surface area (Å²) in [6.07, 6.45) is 1.81. The molecule has 0 atom stereocenters. The van der Waals surface area contributed by atoms with Crippen LogP contribution in [0.1, 0.15) is 0 Å². The largest absolute Gasteiger partial charge is 0.497 e. The van der Waals surface area contributed by atoms with E-state index in [-0.39, 0.29) is 12.5 Å². The average Bonchev–Trinajstić information content (AvgIpc) is 3.15. The lowest BCUT2D eigenvalue weighted by Crippen LogP contribution is -2.50. The molecule has 122 valence electrons. The molecule has 0 saturated carbocycles. The summed E-state index contributed by atoms with van der Waals surface area (Å²) < 4.78 is 10.6. The molecule has 0 unspecified atom stereocenters. The molecule has 6 nitrogen and oxygen atoms in total. The van der Waals surface area contributed by atoms with Crippen LogP contribution in [0.3, 0.4) is 0 Å². The predicted octanol–water partition coefficient (Wildman–Crippen LogP) is 1.88. The van der Waals surface area contributed by atoms with E-state index in [1.165, 1.54) is 0 Å². The van der Waals surface area contributed by atoms with Crippen molar-refractivity contribution in [2.45, 2.75) is 0 Å². The zero-order valence-corrected chi connectivity index (χ0v) is 13.8. The Labute approximate surface area is 139 Å². The highest BCUT2D eigenvalue weighted by Crippen LogP contribution is 2.19. The second-order valence-electron chi connectivity index (χ2n) is 5.15. The molecule has 0 bridgehead atoms. The molecule has 3 rings (SSSR count). The van der Waals surface area contributed by atoms with E-state index in [0.29, 0.717) is 18.8 Å². The zero-order valence-electron chi connectivity index (χ0n) is 13.0. The van der Waals surface area contributed by atoms with E-state index >= 15 is 0 Å². The summed E-state index contributed by atoms with van der Waals surface area (Å²) in [5, 5.41) is 2.99. The zero-order chi connectivity index (χ0) is 16.1. The van der Waals surface area contributed by atoms with Gasteiger partial charge in [0.1, 0.15) is 11.5 Å². The van der Waals surface area contributed by atoms with Crippen molar-refractivity contribution in [2.75, 3.05) is 44.8 Å². The average molecular weight is 333 g/mol. The number of amides is 1. The number of aromatic nitrogens is 1. The van der Waals surface area contributed by atoms with Gasteiger partial charge in [0.15, 0.2) is 11.7 Å². The smallest absolute Gasteiger partial charge is 0.260 e. The fraction of sp³-hybridized carbons (Fsp3) is 0.375. The molecule has 1 saturated heterocycles. The third-order valence-corrected chi connectivity index (χ3v) is 4.58. The first-order chi connectivity index (χ1) is 11.3. The minimum Gasteiger partial charge on any atom is -0.497 e. The number of thiazole rings is 1. The van der Waals surface area contributed by atoms with E-state index in [9.17, 15) is 4.79 Å². The Morgan fingerprint density at radius 1 is 1.17 bits per heavy atom. The molecular weight excluding hydrogens is 314 g/mol. The van der Waals surface area contributed by atoms with Crippen LogP contribution in [0.25, 0.3) is 0 Å². The fourth-order valence-electron chi connectivity index (χ4n) is 2.43. The number of methoxy groups -OCH3 is 1. The van der Waals surface area contributed by atoms with Crippen molar-refractivity contribution in [3.63, 3.8) is 0 Å². The minimum absolute atomic E-state index is 0.0135. The first-order valence-electron chi connectivity index (χ1n) is 7.45. The van der Waals surface area contributed by atoms with Gasteiger partial charge in [-0.05, 0) is 24.3 Å². The number of ether oxygens (including phenoxy) is 2. The number of rotatable bonds is 5. The fourth-order valence-corrected chi connectivity index (χ4v) is 3.12. The maximum atomic E-state index is 12.2. The lowest BCUT2D eigenvalue weighted by Gasteiger charge is -2.34. The monoisotopic (exact) mass is 333 g/mol. The molecule has 0 radical (unpaired) electrons. The Kier molecular flexibility index (Phi) is 4.97. The SMILES string of the molecule is COc1ccc(OCC(=O)N2CCN(c3nccs3)CC2)cc1. The van der Waals surface area contributed by atoms with E-state index in [2.05, 4.69) is 9.88 Å². The summed E-state index contributed by atoms with van der Waals surface area (Å²) in [5.74, 6) is 1.45. The molecule has 1 aromatic carbocycles. The van der Waals surface area contributed by atoms with Gasteiger partial charge in [-0.25, -0.2) is 4.98 Å². The van der Waals surface area contributed by atoms with Crippen LogP contribution >= 0.6 is 11.3 Å². The van der Waals surface area contributed by atoms with Crippen molar-refractivity contribution in [1.29, 1.82) is 0 Å². The van der Waals surface area contributed by atoms with E-state index in [1.807, 2.05) is 22.4 Å². The van der Waals surface area contributed by atoms with Crippen LogP contribution in [-0.2, 0) is 4.79 Å². The summed E-state index contributed by atoms with van der Waals surface area (Å²) in [6.45, 7) is 3.07. The van der Waals surface area contributed by atoms with Crippen LogP contribution in [0.5, 0.6) is 11.5 Å².